The van der Waals surface area contributed by atoms with E-state index in [1.807, 2.05) is 24.5 Å². The Morgan fingerprint density at radius 2 is 1.43 bits per heavy atom. The van der Waals surface area contributed by atoms with Crippen LogP contribution in [0, 0.1) is 5.41 Å². The standard InChI is InChI=1S/C19H25N3O.2C2HF3O2/c1-3-17(13-20-8-1)14-22-11-7-19(16-22)5-9-21(10-6-19)15-18-4-2-12-23-18;2*3-2(4,5)1(6)7/h1-4,8,12-13H,5-7,9-11,14-16H2;2*(H,6,7). The zero-order chi connectivity index (χ0) is 27.7. The molecule has 0 radical (unpaired) electrons. The number of halogens is 6. The van der Waals surface area contributed by atoms with Gasteiger partial charge in [0.05, 0.1) is 12.8 Å². The van der Waals surface area contributed by atoms with Crippen LogP contribution in [0.15, 0.2) is 47.3 Å². The Morgan fingerprint density at radius 3 is 1.86 bits per heavy atom. The number of piperidine rings is 1. The SMILES string of the molecule is O=C(O)C(F)(F)F.O=C(O)C(F)(F)F.c1cncc(CN2CCC3(CCN(Cc4ccco4)CC3)C2)c1. The van der Waals surface area contributed by atoms with E-state index in [-0.39, 0.29) is 0 Å². The van der Waals surface area contributed by atoms with Crippen LogP contribution in [-0.2, 0) is 22.7 Å². The predicted molar refractivity (Wildman–Crippen MR) is 117 cm³/mol. The van der Waals surface area contributed by atoms with E-state index < -0.39 is 24.3 Å². The van der Waals surface area contributed by atoms with Gasteiger partial charge < -0.3 is 14.6 Å². The summed E-state index contributed by atoms with van der Waals surface area (Å²) in [6.07, 6.45) is -0.564. The van der Waals surface area contributed by atoms with Crippen molar-refractivity contribution in [3.8, 4) is 0 Å². The van der Waals surface area contributed by atoms with E-state index in [0.29, 0.717) is 5.41 Å². The quantitative estimate of drug-likeness (QED) is 0.550. The summed E-state index contributed by atoms with van der Waals surface area (Å²) in [6.45, 7) is 6.88. The maximum absolute atomic E-state index is 10.6. The molecule has 14 heteroatoms. The Morgan fingerprint density at radius 1 is 0.892 bits per heavy atom. The number of carboxylic acid groups (broad SMARTS) is 2. The number of rotatable bonds is 4. The molecule has 0 atom stereocenters. The second kappa shape index (κ2) is 12.9. The lowest BCUT2D eigenvalue weighted by Gasteiger charge is -2.39. The second-order valence-electron chi connectivity index (χ2n) is 8.78. The zero-order valence-corrected chi connectivity index (χ0v) is 19.6. The molecular formula is C23H27F6N3O5. The largest absolute Gasteiger partial charge is 0.490 e. The van der Waals surface area contributed by atoms with Gasteiger partial charge in [-0.1, -0.05) is 6.07 Å². The van der Waals surface area contributed by atoms with E-state index in [1.165, 1.54) is 51.0 Å². The Kier molecular flexibility index (Phi) is 10.5. The zero-order valence-electron chi connectivity index (χ0n) is 19.6. The van der Waals surface area contributed by atoms with Crippen LogP contribution >= 0.6 is 0 Å². The van der Waals surface area contributed by atoms with Crippen molar-refractivity contribution in [2.24, 2.45) is 5.41 Å². The van der Waals surface area contributed by atoms with Gasteiger partial charge in [-0.15, -0.1) is 0 Å². The molecule has 2 aromatic rings. The molecule has 0 aliphatic carbocycles. The highest BCUT2D eigenvalue weighted by molar-refractivity contribution is 5.73. The van der Waals surface area contributed by atoms with Crippen molar-refractivity contribution < 1.29 is 50.6 Å². The molecule has 8 nitrogen and oxygen atoms in total. The molecule has 0 bridgehead atoms. The molecule has 2 fully saturated rings. The summed E-state index contributed by atoms with van der Waals surface area (Å²) in [5, 5.41) is 14.2. The first-order valence-electron chi connectivity index (χ1n) is 11.2. The van der Waals surface area contributed by atoms with Crippen molar-refractivity contribution >= 4 is 11.9 Å². The highest BCUT2D eigenvalue weighted by Gasteiger charge is 2.41. The van der Waals surface area contributed by atoms with Crippen LogP contribution in [0.2, 0.25) is 0 Å². The molecule has 2 aliphatic heterocycles. The number of carbonyl (C=O) groups is 2. The number of carboxylic acids is 2. The average molecular weight is 539 g/mol. The third-order valence-electron chi connectivity index (χ3n) is 6.01. The van der Waals surface area contributed by atoms with Gasteiger partial charge >= 0.3 is 24.3 Å². The van der Waals surface area contributed by atoms with Gasteiger partial charge in [-0.3, -0.25) is 14.8 Å². The molecule has 0 unspecified atom stereocenters. The number of hydrogen-bond acceptors (Lipinski definition) is 6. The van der Waals surface area contributed by atoms with E-state index in [2.05, 4.69) is 26.9 Å². The molecule has 1 spiro atoms. The third kappa shape index (κ3) is 10.4. The topological polar surface area (TPSA) is 107 Å². The van der Waals surface area contributed by atoms with Crippen molar-refractivity contribution in [2.45, 2.75) is 44.7 Å². The first-order chi connectivity index (χ1) is 17.2. The maximum atomic E-state index is 10.6. The Labute approximate surface area is 208 Å². The normalized spacial score (nSPS) is 17.9. The number of alkyl halides is 6. The summed E-state index contributed by atoms with van der Waals surface area (Å²) in [6, 6.07) is 8.28. The summed E-state index contributed by atoms with van der Waals surface area (Å²) in [4.78, 5) is 27.2. The highest BCUT2D eigenvalue weighted by Crippen LogP contribution is 2.41. The lowest BCUT2D eigenvalue weighted by atomic mass is 9.78. The van der Waals surface area contributed by atoms with Gasteiger partial charge in [0, 0.05) is 25.5 Å². The summed E-state index contributed by atoms with van der Waals surface area (Å²) in [7, 11) is 0. The number of pyridine rings is 1. The van der Waals surface area contributed by atoms with Gasteiger partial charge in [0.15, 0.2) is 0 Å². The minimum atomic E-state index is -5.08. The van der Waals surface area contributed by atoms with E-state index >= 15 is 0 Å². The lowest BCUT2D eigenvalue weighted by Crippen LogP contribution is -2.41. The summed E-state index contributed by atoms with van der Waals surface area (Å²) in [5.41, 5.74) is 1.88. The summed E-state index contributed by atoms with van der Waals surface area (Å²) >= 11 is 0. The van der Waals surface area contributed by atoms with Gasteiger partial charge in [0.25, 0.3) is 0 Å². The molecular weight excluding hydrogens is 512 g/mol. The minimum Gasteiger partial charge on any atom is -0.475 e. The third-order valence-corrected chi connectivity index (χ3v) is 6.01. The monoisotopic (exact) mass is 539 g/mol. The molecule has 4 heterocycles. The van der Waals surface area contributed by atoms with Crippen LogP contribution < -0.4 is 0 Å². The number of aromatic nitrogens is 1. The summed E-state index contributed by atoms with van der Waals surface area (Å²) in [5.74, 6) is -4.43. The number of aliphatic carboxylic acids is 2. The van der Waals surface area contributed by atoms with E-state index in [0.717, 1.165) is 18.8 Å². The fourth-order valence-corrected chi connectivity index (χ4v) is 4.13. The van der Waals surface area contributed by atoms with Crippen molar-refractivity contribution in [1.29, 1.82) is 0 Å². The first kappa shape index (κ1) is 30.1. The molecule has 37 heavy (non-hydrogen) atoms. The van der Waals surface area contributed by atoms with Crippen LogP contribution in [0.25, 0.3) is 0 Å². The molecule has 0 saturated carbocycles. The average Bonchev–Trinajstić information content (AvgIpc) is 3.46. The number of nitrogens with zero attached hydrogens (tertiary/aromatic N) is 3. The Balaban J connectivity index is 0.000000286. The Hall–Kier alpha value is -3.13. The van der Waals surface area contributed by atoms with Crippen molar-refractivity contribution in [1.82, 2.24) is 14.8 Å². The minimum absolute atomic E-state index is 0.544. The van der Waals surface area contributed by atoms with Gasteiger partial charge in [-0.2, -0.15) is 26.3 Å². The van der Waals surface area contributed by atoms with E-state index in [4.69, 9.17) is 24.2 Å². The van der Waals surface area contributed by atoms with Crippen molar-refractivity contribution in [3.63, 3.8) is 0 Å². The van der Waals surface area contributed by atoms with Crippen molar-refractivity contribution in [3.05, 3.63) is 54.2 Å². The fraction of sp³-hybridized carbons (Fsp3) is 0.522. The molecule has 0 aromatic carbocycles. The molecule has 2 aromatic heterocycles. The fourth-order valence-electron chi connectivity index (χ4n) is 4.13. The number of hydrogen-bond donors (Lipinski definition) is 2. The van der Waals surface area contributed by atoms with Gasteiger partial charge in [0.1, 0.15) is 5.76 Å². The molecule has 206 valence electrons. The maximum Gasteiger partial charge on any atom is 0.490 e. The van der Waals surface area contributed by atoms with Crippen LogP contribution in [-0.4, -0.2) is 75.5 Å². The highest BCUT2D eigenvalue weighted by atomic mass is 19.4. The van der Waals surface area contributed by atoms with Crippen LogP contribution in [0.1, 0.15) is 30.6 Å². The first-order valence-corrected chi connectivity index (χ1v) is 11.2. The second-order valence-corrected chi connectivity index (χ2v) is 8.78. The molecule has 4 rings (SSSR count). The van der Waals surface area contributed by atoms with Gasteiger partial charge in [0.2, 0.25) is 0 Å². The number of likely N-dealkylation sites (tertiary alicyclic amines) is 2. The smallest absolute Gasteiger partial charge is 0.475 e. The number of furan rings is 1. The van der Waals surface area contributed by atoms with Gasteiger partial charge in [-0.25, -0.2) is 9.59 Å². The van der Waals surface area contributed by atoms with Crippen LogP contribution in [0.4, 0.5) is 26.3 Å². The molecule has 2 N–H and O–H groups in total. The van der Waals surface area contributed by atoms with Crippen molar-refractivity contribution in [2.75, 3.05) is 26.2 Å². The van der Waals surface area contributed by atoms with Crippen LogP contribution in [0.5, 0.6) is 0 Å². The van der Waals surface area contributed by atoms with E-state index in [1.54, 1.807) is 6.26 Å². The lowest BCUT2D eigenvalue weighted by molar-refractivity contribution is -0.193. The molecule has 2 saturated heterocycles. The van der Waals surface area contributed by atoms with Gasteiger partial charge in [-0.05, 0) is 68.1 Å². The summed E-state index contributed by atoms with van der Waals surface area (Å²) < 4.78 is 69.0. The predicted octanol–water partition coefficient (Wildman–Crippen LogP) is 4.43. The Bertz CT molecular complexity index is 951. The molecule has 2 aliphatic rings. The van der Waals surface area contributed by atoms with Crippen LogP contribution in [0.3, 0.4) is 0 Å². The molecule has 0 amide bonds. The van der Waals surface area contributed by atoms with E-state index in [9.17, 15) is 26.3 Å².